The zero-order valence-corrected chi connectivity index (χ0v) is 9.02. The van der Waals surface area contributed by atoms with Crippen molar-refractivity contribution in [2.75, 3.05) is 13.2 Å². The third-order valence-corrected chi connectivity index (χ3v) is 2.96. The van der Waals surface area contributed by atoms with Gasteiger partial charge < -0.3 is 9.30 Å². The molecule has 1 aromatic rings. The van der Waals surface area contributed by atoms with E-state index in [4.69, 9.17) is 10.6 Å². The van der Waals surface area contributed by atoms with E-state index in [1.807, 2.05) is 17.8 Å². The molecule has 0 saturated carbocycles. The highest BCUT2D eigenvalue weighted by molar-refractivity contribution is 5.05. The van der Waals surface area contributed by atoms with Crippen molar-refractivity contribution in [1.82, 2.24) is 15.0 Å². The number of imidazole rings is 1. The Hall–Kier alpha value is -0.910. The fourth-order valence-corrected chi connectivity index (χ4v) is 2.11. The maximum atomic E-state index is 5.60. The summed E-state index contributed by atoms with van der Waals surface area (Å²) in [6.07, 6.45) is 5.91. The fourth-order valence-electron chi connectivity index (χ4n) is 2.11. The highest BCUT2D eigenvalue weighted by Gasteiger charge is 2.25. The summed E-state index contributed by atoms with van der Waals surface area (Å²) < 4.78 is 7.28. The lowest BCUT2D eigenvalue weighted by atomic mass is 9.90. The topological polar surface area (TPSA) is 65.1 Å². The molecule has 1 atom stereocenters. The zero-order chi connectivity index (χ0) is 10.7. The van der Waals surface area contributed by atoms with Gasteiger partial charge in [0.15, 0.2) is 0 Å². The first-order valence-electron chi connectivity index (χ1n) is 5.33. The summed E-state index contributed by atoms with van der Waals surface area (Å²) in [7, 11) is 1.97. The smallest absolute Gasteiger partial charge is 0.0947 e. The van der Waals surface area contributed by atoms with Crippen molar-refractivity contribution in [2.24, 2.45) is 18.8 Å². The average molecular weight is 210 g/mol. The van der Waals surface area contributed by atoms with E-state index in [-0.39, 0.29) is 6.04 Å². The van der Waals surface area contributed by atoms with Crippen LogP contribution in [0.15, 0.2) is 12.5 Å². The number of ether oxygens (including phenoxy) is 1. The largest absolute Gasteiger partial charge is 0.381 e. The van der Waals surface area contributed by atoms with Gasteiger partial charge in [-0.3, -0.25) is 11.3 Å². The molecule has 0 aromatic carbocycles. The highest BCUT2D eigenvalue weighted by Crippen LogP contribution is 2.28. The molecule has 1 aliphatic heterocycles. The first kappa shape index (κ1) is 10.6. The summed E-state index contributed by atoms with van der Waals surface area (Å²) in [6.45, 7) is 1.66. The number of aryl methyl sites for hydroxylation is 1. The average Bonchev–Trinajstić information content (AvgIpc) is 2.68. The van der Waals surface area contributed by atoms with Crippen LogP contribution in [0.25, 0.3) is 0 Å². The summed E-state index contributed by atoms with van der Waals surface area (Å²) in [5, 5.41) is 0. The zero-order valence-electron chi connectivity index (χ0n) is 9.02. The molecule has 3 N–H and O–H groups in total. The lowest BCUT2D eigenvalue weighted by Gasteiger charge is -2.28. The van der Waals surface area contributed by atoms with Crippen LogP contribution in [-0.4, -0.2) is 22.8 Å². The van der Waals surface area contributed by atoms with Gasteiger partial charge in [0.2, 0.25) is 0 Å². The minimum absolute atomic E-state index is 0.148. The Labute approximate surface area is 89.6 Å². The van der Waals surface area contributed by atoms with E-state index in [2.05, 4.69) is 10.4 Å². The van der Waals surface area contributed by atoms with Crippen molar-refractivity contribution in [1.29, 1.82) is 0 Å². The Bertz CT molecular complexity index is 306. The second kappa shape index (κ2) is 4.74. The number of rotatable bonds is 3. The first-order chi connectivity index (χ1) is 7.31. The van der Waals surface area contributed by atoms with Crippen molar-refractivity contribution in [2.45, 2.75) is 18.9 Å². The summed E-state index contributed by atoms with van der Waals surface area (Å²) in [5.74, 6) is 6.13. The van der Waals surface area contributed by atoms with Crippen LogP contribution < -0.4 is 11.3 Å². The van der Waals surface area contributed by atoms with E-state index < -0.39 is 0 Å². The fraction of sp³-hybridized carbons (Fsp3) is 0.700. The summed E-state index contributed by atoms with van der Waals surface area (Å²) in [6, 6.07) is 0.148. The van der Waals surface area contributed by atoms with Gasteiger partial charge in [0.1, 0.15) is 0 Å². The quantitative estimate of drug-likeness (QED) is 0.558. The second-order valence-electron chi connectivity index (χ2n) is 4.06. The van der Waals surface area contributed by atoms with E-state index in [1.165, 1.54) is 0 Å². The van der Waals surface area contributed by atoms with Gasteiger partial charge in [0.25, 0.3) is 0 Å². The number of aromatic nitrogens is 2. The number of hydrogen-bond donors (Lipinski definition) is 2. The van der Waals surface area contributed by atoms with E-state index in [0.29, 0.717) is 5.92 Å². The molecule has 0 radical (unpaired) electrons. The molecule has 84 valence electrons. The van der Waals surface area contributed by atoms with Crippen LogP contribution in [0, 0.1) is 5.92 Å². The lowest BCUT2D eigenvalue weighted by Crippen LogP contribution is -2.36. The molecule has 2 rings (SSSR count). The maximum Gasteiger partial charge on any atom is 0.0947 e. The van der Waals surface area contributed by atoms with Gasteiger partial charge in [-0.25, -0.2) is 4.98 Å². The molecule has 1 unspecified atom stereocenters. The standard InChI is InChI=1S/C10H18N4O/c1-14-6-9(12-7-14)10(13-11)8-2-4-15-5-3-8/h6-8,10,13H,2-5,11H2,1H3. The van der Waals surface area contributed by atoms with E-state index in [1.54, 1.807) is 6.33 Å². The Balaban J connectivity index is 2.08. The number of nitrogens with zero attached hydrogens (tertiary/aromatic N) is 2. The van der Waals surface area contributed by atoms with Crippen LogP contribution in [0.1, 0.15) is 24.6 Å². The maximum absolute atomic E-state index is 5.60. The minimum Gasteiger partial charge on any atom is -0.381 e. The van der Waals surface area contributed by atoms with Crippen LogP contribution in [0.5, 0.6) is 0 Å². The van der Waals surface area contributed by atoms with Crippen molar-refractivity contribution in [3.63, 3.8) is 0 Å². The van der Waals surface area contributed by atoms with Crippen LogP contribution in [0.2, 0.25) is 0 Å². The van der Waals surface area contributed by atoms with Gasteiger partial charge in [-0.2, -0.15) is 0 Å². The summed E-state index contributed by atoms with van der Waals surface area (Å²) >= 11 is 0. The van der Waals surface area contributed by atoms with Gasteiger partial charge in [0, 0.05) is 26.5 Å². The molecular formula is C10H18N4O. The van der Waals surface area contributed by atoms with Crippen LogP contribution >= 0.6 is 0 Å². The molecule has 5 nitrogen and oxygen atoms in total. The number of hydrazine groups is 1. The van der Waals surface area contributed by atoms with E-state index in [9.17, 15) is 0 Å². The highest BCUT2D eigenvalue weighted by atomic mass is 16.5. The third-order valence-electron chi connectivity index (χ3n) is 2.96. The van der Waals surface area contributed by atoms with Gasteiger partial charge in [-0.15, -0.1) is 0 Å². The van der Waals surface area contributed by atoms with Crippen LogP contribution in [-0.2, 0) is 11.8 Å². The van der Waals surface area contributed by atoms with E-state index >= 15 is 0 Å². The van der Waals surface area contributed by atoms with Crippen molar-refractivity contribution < 1.29 is 4.74 Å². The molecule has 5 heteroatoms. The SMILES string of the molecule is Cn1cnc(C(NN)C2CCOCC2)c1. The summed E-state index contributed by atoms with van der Waals surface area (Å²) in [5.41, 5.74) is 3.89. The van der Waals surface area contributed by atoms with E-state index in [0.717, 1.165) is 31.7 Å². The molecule has 0 bridgehead atoms. The Morgan fingerprint density at radius 2 is 2.33 bits per heavy atom. The summed E-state index contributed by atoms with van der Waals surface area (Å²) in [4.78, 5) is 4.34. The molecule has 1 aromatic heterocycles. The lowest BCUT2D eigenvalue weighted by molar-refractivity contribution is 0.0531. The molecule has 15 heavy (non-hydrogen) atoms. The molecule has 0 amide bonds. The van der Waals surface area contributed by atoms with Gasteiger partial charge in [0.05, 0.1) is 18.1 Å². The number of nitrogens with two attached hydrogens (primary N) is 1. The molecule has 2 heterocycles. The van der Waals surface area contributed by atoms with Crippen molar-refractivity contribution in [3.05, 3.63) is 18.2 Å². The molecular weight excluding hydrogens is 192 g/mol. The molecule has 0 aliphatic carbocycles. The predicted octanol–water partition coefficient (Wildman–Crippen LogP) is 0.351. The molecule has 1 fully saturated rings. The predicted molar refractivity (Wildman–Crippen MR) is 56.8 cm³/mol. The number of nitrogens with one attached hydrogen (secondary N) is 1. The Morgan fingerprint density at radius 1 is 1.60 bits per heavy atom. The minimum atomic E-state index is 0.148. The Morgan fingerprint density at radius 3 is 2.87 bits per heavy atom. The molecule has 0 spiro atoms. The van der Waals surface area contributed by atoms with Crippen molar-refractivity contribution in [3.8, 4) is 0 Å². The van der Waals surface area contributed by atoms with Crippen molar-refractivity contribution >= 4 is 0 Å². The van der Waals surface area contributed by atoms with Gasteiger partial charge in [-0.05, 0) is 18.8 Å². The second-order valence-corrected chi connectivity index (χ2v) is 4.06. The third kappa shape index (κ3) is 2.37. The van der Waals surface area contributed by atoms with Crippen LogP contribution in [0.3, 0.4) is 0 Å². The Kier molecular flexibility index (Phi) is 3.35. The normalized spacial score (nSPS) is 20.4. The van der Waals surface area contributed by atoms with Gasteiger partial charge in [-0.1, -0.05) is 0 Å². The molecule has 1 aliphatic rings. The monoisotopic (exact) mass is 210 g/mol. The van der Waals surface area contributed by atoms with Gasteiger partial charge >= 0.3 is 0 Å². The number of hydrogen-bond acceptors (Lipinski definition) is 4. The van der Waals surface area contributed by atoms with Crippen LogP contribution in [0.4, 0.5) is 0 Å². The first-order valence-corrected chi connectivity index (χ1v) is 5.33. The molecule has 1 saturated heterocycles.